The van der Waals surface area contributed by atoms with Crippen molar-refractivity contribution < 1.29 is 0 Å². The molecule has 105 valence electrons. The number of rotatable bonds is 4. The van der Waals surface area contributed by atoms with Crippen LogP contribution in [-0.4, -0.2) is 0 Å². The Labute approximate surface area is 123 Å². The minimum absolute atomic E-state index is 0.788. The summed E-state index contributed by atoms with van der Waals surface area (Å²) >= 11 is 0. The van der Waals surface area contributed by atoms with Crippen LogP contribution in [0.15, 0.2) is 36.4 Å². The number of fused-ring (bicyclic) bond motifs is 1. The van der Waals surface area contributed by atoms with Gasteiger partial charge >= 0.3 is 0 Å². The summed E-state index contributed by atoms with van der Waals surface area (Å²) in [4.78, 5) is 0. The molecule has 2 aromatic rings. The van der Waals surface area contributed by atoms with E-state index in [1.54, 1.807) is 5.56 Å². The summed E-state index contributed by atoms with van der Waals surface area (Å²) in [5.41, 5.74) is 3.10. The molecule has 0 aliphatic heterocycles. The highest BCUT2D eigenvalue weighted by Gasteiger charge is 2.18. The standard InChI is InChI=1S/C20H25/c1-2-3-9-17-14-15-19(16-10-5-4-6-11-16)20-13-8-7-12-18(17)20/h7-8,12-16H,1-6,9-11H2. The maximum Gasteiger partial charge on any atom is -0.0146 e. The van der Waals surface area contributed by atoms with Crippen LogP contribution in [-0.2, 0) is 6.42 Å². The first-order valence-corrected chi connectivity index (χ1v) is 8.20. The predicted octanol–water partition coefficient (Wildman–Crippen LogP) is 6.04. The van der Waals surface area contributed by atoms with E-state index in [2.05, 4.69) is 43.3 Å². The Kier molecular flexibility index (Phi) is 4.40. The largest absolute Gasteiger partial charge is 0.0616 e. The molecular weight excluding hydrogens is 240 g/mol. The van der Waals surface area contributed by atoms with Crippen molar-refractivity contribution in [3.8, 4) is 0 Å². The molecule has 0 saturated heterocycles. The summed E-state index contributed by atoms with van der Waals surface area (Å²) < 4.78 is 0. The van der Waals surface area contributed by atoms with Crippen LogP contribution in [0, 0.1) is 6.92 Å². The van der Waals surface area contributed by atoms with Crippen molar-refractivity contribution >= 4 is 10.8 Å². The summed E-state index contributed by atoms with van der Waals surface area (Å²) in [5, 5.41) is 2.98. The molecule has 0 atom stereocenters. The van der Waals surface area contributed by atoms with Crippen LogP contribution in [0.5, 0.6) is 0 Å². The minimum Gasteiger partial charge on any atom is -0.0616 e. The number of hydrogen-bond donors (Lipinski definition) is 0. The third-order valence-electron chi connectivity index (χ3n) is 4.79. The lowest BCUT2D eigenvalue weighted by molar-refractivity contribution is 0.445. The Balaban J connectivity index is 2.01. The van der Waals surface area contributed by atoms with Crippen molar-refractivity contribution in [1.29, 1.82) is 0 Å². The number of aryl methyl sites for hydroxylation is 1. The van der Waals surface area contributed by atoms with E-state index >= 15 is 0 Å². The molecule has 3 rings (SSSR count). The van der Waals surface area contributed by atoms with Crippen molar-refractivity contribution in [3.63, 3.8) is 0 Å². The van der Waals surface area contributed by atoms with Gasteiger partial charge in [-0.05, 0) is 53.5 Å². The summed E-state index contributed by atoms with van der Waals surface area (Å²) in [5.74, 6) is 0.788. The van der Waals surface area contributed by atoms with Crippen molar-refractivity contribution in [2.75, 3.05) is 0 Å². The lowest BCUT2D eigenvalue weighted by Crippen LogP contribution is -2.05. The molecule has 1 radical (unpaired) electrons. The van der Waals surface area contributed by atoms with Crippen molar-refractivity contribution in [1.82, 2.24) is 0 Å². The Morgan fingerprint density at radius 2 is 1.65 bits per heavy atom. The maximum atomic E-state index is 3.97. The number of hydrogen-bond acceptors (Lipinski definition) is 0. The average Bonchev–Trinajstić information content (AvgIpc) is 2.53. The molecule has 0 heterocycles. The third-order valence-corrected chi connectivity index (χ3v) is 4.79. The highest BCUT2D eigenvalue weighted by molar-refractivity contribution is 5.89. The zero-order valence-electron chi connectivity index (χ0n) is 12.4. The molecule has 0 aromatic heterocycles. The van der Waals surface area contributed by atoms with Gasteiger partial charge in [-0.3, -0.25) is 0 Å². The van der Waals surface area contributed by atoms with E-state index in [0.29, 0.717) is 0 Å². The maximum absolute atomic E-state index is 3.97. The molecule has 2 aromatic carbocycles. The molecule has 0 spiro atoms. The summed E-state index contributed by atoms with van der Waals surface area (Å²) in [6.45, 7) is 3.97. The monoisotopic (exact) mass is 265 g/mol. The lowest BCUT2D eigenvalue weighted by Gasteiger charge is -2.24. The van der Waals surface area contributed by atoms with Gasteiger partial charge in [0.05, 0.1) is 0 Å². The summed E-state index contributed by atoms with van der Waals surface area (Å²) in [6.07, 6.45) is 10.4. The van der Waals surface area contributed by atoms with Crippen molar-refractivity contribution in [2.24, 2.45) is 0 Å². The van der Waals surface area contributed by atoms with Gasteiger partial charge in [0.15, 0.2) is 0 Å². The molecule has 0 heteroatoms. The molecule has 1 aliphatic rings. The van der Waals surface area contributed by atoms with Gasteiger partial charge in [-0.15, -0.1) is 0 Å². The van der Waals surface area contributed by atoms with Gasteiger partial charge in [0, 0.05) is 0 Å². The fourth-order valence-corrected chi connectivity index (χ4v) is 3.69. The Hall–Kier alpha value is -1.30. The van der Waals surface area contributed by atoms with Crippen LogP contribution in [0.2, 0.25) is 0 Å². The SMILES string of the molecule is [CH2]CCCc1ccc(C2CCCCC2)c2ccccc12. The van der Waals surface area contributed by atoms with Gasteiger partial charge in [-0.1, -0.05) is 69.0 Å². The second-order valence-electron chi connectivity index (χ2n) is 6.15. The second-order valence-corrected chi connectivity index (χ2v) is 6.15. The molecule has 0 bridgehead atoms. The van der Waals surface area contributed by atoms with E-state index in [-0.39, 0.29) is 0 Å². The van der Waals surface area contributed by atoms with E-state index < -0.39 is 0 Å². The first-order chi connectivity index (χ1) is 9.90. The molecule has 0 N–H and O–H groups in total. The number of unbranched alkanes of at least 4 members (excludes halogenated alkanes) is 1. The van der Waals surface area contributed by atoms with Crippen LogP contribution in [0.25, 0.3) is 10.8 Å². The highest BCUT2D eigenvalue weighted by Crippen LogP contribution is 2.37. The van der Waals surface area contributed by atoms with Crippen molar-refractivity contribution in [2.45, 2.75) is 57.3 Å². The molecule has 1 aliphatic carbocycles. The van der Waals surface area contributed by atoms with Gasteiger partial charge in [-0.25, -0.2) is 0 Å². The molecule has 1 fully saturated rings. The first-order valence-electron chi connectivity index (χ1n) is 8.20. The molecule has 0 amide bonds. The van der Waals surface area contributed by atoms with Crippen LogP contribution in [0.4, 0.5) is 0 Å². The van der Waals surface area contributed by atoms with Gasteiger partial charge in [-0.2, -0.15) is 0 Å². The Morgan fingerprint density at radius 3 is 2.40 bits per heavy atom. The summed E-state index contributed by atoms with van der Waals surface area (Å²) in [7, 11) is 0. The van der Waals surface area contributed by atoms with Crippen LogP contribution < -0.4 is 0 Å². The number of benzene rings is 2. The van der Waals surface area contributed by atoms with Crippen LogP contribution >= 0.6 is 0 Å². The van der Waals surface area contributed by atoms with E-state index in [4.69, 9.17) is 0 Å². The van der Waals surface area contributed by atoms with Crippen LogP contribution in [0.1, 0.15) is 62.0 Å². The molecule has 1 saturated carbocycles. The summed E-state index contributed by atoms with van der Waals surface area (Å²) in [6, 6.07) is 13.8. The minimum atomic E-state index is 0.788. The lowest BCUT2D eigenvalue weighted by atomic mass is 9.81. The molecule has 20 heavy (non-hydrogen) atoms. The quantitative estimate of drug-likeness (QED) is 0.631. The highest BCUT2D eigenvalue weighted by atomic mass is 14.2. The van der Waals surface area contributed by atoms with E-state index in [1.165, 1.54) is 54.9 Å². The topological polar surface area (TPSA) is 0 Å². The van der Waals surface area contributed by atoms with E-state index in [9.17, 15) is 0 Å². The zero-order valence-corrected chi connectivity index (χ0v) is 12.4. The Morgan fingerprint density at radius 1 is 0.900 bits per heavy atom. The van der Waals surface area contributed by atoms with Gasteiger partial charge < -0.3 is 0 Å². The Bertz CT molecular complexity index is 561. The molecule has 0 nitrogen and oxygen atoms in total. The average molecular weight is 265 g/mol. The van der Waals surface area contributed by atoms with Gasteiger partial charge in [0.2, 0.25) is 0 Å². The fraction of sp³-hybridized carbons (Fsp3) is 0.450. The van der Waals surface area contributed by atoms with E-state index in [0.717, 1.165) is 18.8 Å². The normalized spacial score (nSPS) is 16.6. The van der Waals surface area contributed by atoms with Crippen molar-refractivity contribution in [3.05, 3.63) is 54.4 Å². The first kappa shape index (κ1) is 13.7. The van der Waals surface area contributed by atoms with Gasteiger partial charge in [0.1, 0.15) is 0 Å². The molecule has 0 unspecified atom stereocenters. The third kappa shape index (κ3) is 2.75. The van der Waals surface area contributed by atoms with Gasteiger partial charge in [0.25, 0.3) is 0 Å². The molecular formula is C20H25. The second kappa shape index (κ2) is 6.43. The van der Waals surface area contributed by atoms with Crippen LogP contribution in [0.3, 0.4) is 0 Å². The zero-order chi connectivity index (χ0) is 13.8. The smallest absolute Gasteiger partial charge is 0.0146 e. The van der Waals surface area contributed by atoms with E-state index in [1.807, 2.05) is 0 Å². The fourth-order valence-electron chi connectivity index (χ4n) is 3.69. The predicted molar refractivity (Wildman–Crippen MR) is 88.1 cm³/mol.